The van der Waals surface area contributed by atoms with E-state index in [-0.39, 0.29) is 0 Å². The van der Waals surface area contributed by atoms with Gasteiger partial charge in [-0.25, -0.2) is 0 Å². The first-order valence-corrected chi connectivity index (χ1v) is 8.81. The van der Waals surface area contributed by atoms with Crippen molar-refractivity contribution >= 4 is 11.3 Å². The van der Waals surface area contributed by atoms with Crippen molar-refractivity contribution in [3.8, 4) is 0 Å². The molecule has 0 aromatic carbocycles. The lowest BCUT2D eigenvalue weighted by Crippen LogP contribution is -2.35. The van der Waals surface area contributed by atoms with Crippen molar-refractivity contribution < 1.29 is 0 Å². The standard InChI is InChI=1S/C17H29NS/c1-4-18-12-15-8-7-14(13(2)3)10-16(15)11-17-6-5-9-19-17/h5-6,9,13-16,18H,4,7-8,10-12H2,1-3H3. The van der Waals surface area contributed by atoms with E-state index in [2.05, 4.69) is 43.6 Å². The molecule has 1 aromatic heterocycles. The van der Waals surface area contributed by atoms with Crippen molar-refractivity contribution in [2.45, 2.75) is 46.5 Å². The lowest BCUT2D eigenvalue weighted by Gasteiger charge is -2.38. The lowest BCUT2D eigenvalue weighted by molar-refractivity contribution is 0.145. The highest BCUT2D eigenvalue weighted by atomic mass is 32.1. The molecule has 1 aliphatic rings. The van der Waals surface area contributed by atoms with Crippen LogP contribution in [0.1, 0.15) is 44.9 Å². The van der Waals surface area contributed by atoms with E-state index in [1.165, 1.54) is 32.2 Å². The summed E-state index contributed by atoms with van der Waals surface area (Å²) in [5.41, 5.74) is 0. The maximum absolute atomic E-state index is 3.58. The van der Waals surface area contributed by atoms with E-state index >= 15 is 0 Å². The van der Waals surface area contributed by atoms with Crippen LogP contribution in [0.5, 0.6) is 0 Å². The zero-order valence-electron chi connectivity index (χ0n) is 12.7. The molecule has 0 saturated heterocycles. The topological polar surface area (TPSA) is 12.0 Å². The minimum atomic E-state index is 0.853. The van der Waals surface area contributed by atoms with Crippen molar-refractivity contribution in [1.82, 2.24) is 5.32 Å². The molecule has 19 heavy (non-hydrogen) atoms. The largest absolute Gasteiger partial charge is 0.317 e. The Bertz CT molecular complexity index is 344. The van der Waals surface area contributed by atoms with Crippen molar-refractivity contribution in [1.29, 1.82) is 0 Å². The van der Waals surface area contributed by atoms with E-state index in [1.807, 2.05) is 11.3 Å². The summed E-state index contributed by atoms with van der Waals surface area (Å²) in [6, 6.07) is 4.51. The molecule has 2 rings (SSSR count). The van der Waals surface area contributed by atoms with Crippen LogP contribution in [0.3, 0.4) is 0 Å². The van der Waals surface area contributed by atoms with E-state index in [4.69, 9.17) is 0 Å². The zero-order chi connectivity index (χ0) is 13.7. The third kappa shape index (κ3) is 4.32. The van der Waals surface area contributed by atoms with E-state index in [0.717, 1.165) is 30.2 Å². The monoisotopic (exact) mass is 279 g/mol. The molecule has 1 saturated carbocycles. The van der Waals surface area contributed by atoms with Crippen LogP contribution in [0.25, 0.3) is 0 Å². The molecule has 0 spiro atoms. The van der Waals surface area contributed by atoms with Gasteiger partial charge in [-0.15, -0.1) is 11.3 Å². The van der Waals surface area contributed by atoms with Gasteiger partial charge < -0.3 is 5.32 Å². The number of rotatable bonds is 6. The fourth-order valence-electron chi connectivity index (χ4n) is 3.50. The molecule has 3 atom stereocenters. The normalized spacial score (nSPS) is 27.9. The molecule has 0 amide bonds. The summed E-state index contributed by atoms with van der Waals surface area (Å²) in [6.07, 6.45) is 5.60. The summed E-state index contributed by atoms with van der Waals surface area (Å²) in [7, 11) is 0. The van der Waals surface area contributed by atoms with Gasteiger partial charge in [0, 0.05) is 4.88 Å². The van der Waals surface area contributed by atoms with Crippen molar-refractivity contribution in [3.63, 3.8) is 0 Å². The van der Waals surface area contributed by atoms with Gasteiger partial charge in [0.25, 0.3) is 0 Å². The van der Waals surface area contributed by atoms with Crippen LogP contribution in [-0.2, 0) is 6.42 Å². The third-order valence-corrected chi connectivity index (χ3v) is 5.72. The average Bonchev–Trinajstić information content (AvgIpc) is 2.90. The Morgan fingerprint density at radius 1 is 1.32 bits per heavy atom. The van der Waals surface area contributed by atoms with Gasteiger partial charge in [-0.05, 0) is 73.9 Å². The molecule has 0 aliphatic heterocycles. The fourth-order valence-corrected chi connectivity index (χ4v) is 4.30. The molecule has 0 bridgehead atoms. The Balaban J connectivity index is 1.97. The maximum atomic E-state index is 3.58. The molecular weight excluding hydrogens is 250 g/mol. The van der Waals surface area contributed by atoms with Gasteiger partial charge in [-0.1, -0.05) is 26.8 Å². The van der Waals surface area contributed by atoms with Gasteiger partial charge >= 0.3 is 0 Å². The van der Waals surface area contributed by atoms with Crippen LogP contribution in [0.15, 0.2) is 17.5 Å². The highest BCUT2D eigenvalue weighted by Crippen LogP contribution is 2.39. The molecule has 108 valence electrons. The van der Waals surface area contributed by atoms with Crippen LogP contribution < -0.4 is 5.32 Å². The molecule has 1 nitrogen and oxygen atoms in total. The first kappa shape index (κ1) is 15.1. The minimum absolute atomic E-state index is 0.853. The molecule has 1 heterocycles. The van der Waals surface area contributed by atoms with E-state index < -0.39 is 0 Å². The number of hydrogen-bond acceptors (Lipinski definition) is 2. The van der Waals surface area contributed by atoms with Crippen LogP contribution in [0.2, 0.25) is 0 Å². The summed E-state index contributed by atoms with van der Waals surface area (Å²) >= 11 is 1.93. The molecule has 1 aromatic rings. The quantitative estimate of drug-likeness (QED) is 0.803. The smallest absolute Gasteiger partial charge is 0.00480 e. The molecule has 1 N–H and O–H groups in total. The van der Waals surface area contributed by atoms with E-state index in [0.29, 0.717) is 0 Å². The Hall–Kier alpha value is -0.340. The van der Waals surface area contributed by atoms with Gasteiger partial charge in [0.2, 0.25) is 0 Å². The van der Waals surface area contributed by atoms with Crippen molar-refractivity contribution in [2.24, 2.45) is 23.7 Å². The van der Waals surface area contributed by atoms with Crippen LogP contribution in [-0.4, -0.2) is 13.1 Å². The SMILES string of the molecule is CCNCC1CCC(C(C)C)CC1Cc1cccs1. The number of nitrogens with one attached hydrogen (secondary N) is 1. The van der Waals surface area contributed by atoms with Crippen LogP contribution in [0.4, 0.5) is 0 Å². The lowest BCUT2D eigenvalue weighted by atomic mass is 9.69. The van der Waals surface area contributed by atoms with E-state index in [9.17, 15) is 0 Å². The molecule has 1 aliphatic carbocycles. The second-order valence-corrected chi connectivity index (χ2v) is 7.46. The molecular formula is C17H29NS. The molecule has 0 radical (unpaired) electrons. The summed E-state index contributed by atoms with van der Waals surface area (Å²) in [5, 5.41) is 5.79. The zero-order valence-corrected chi connectivity index (χ0v) is 13.5. The highest BCUT2D eigenvalue weighted by Gasteiger charge is 2.31. The Labute approximate surface area is 122 Å². The first-order chi connectivity index (χ1) is 9.20. The Kier molecular flexibility index (Phi) is 5.90. The van der Waals surface area contributed by atoms with Gasteiger partial charge in [0.05, 0.1) is 0 Å². The van der Waals surface area contributed by atoms with Crippen molar-refractivity contribution in [3.05, 3.63) is 22.4 Å². The van der Waals surface area contributed by atoms with Gasteiger partial charge in [-0.2, -0.15) is 0 Å². The Morgan fingerprint density at radius 2 is 2.16 bits per heavy atom. The predicted molar refractivity (Wildman–Crippen MR) is 85.7 cm³/mol. The predicted octanol–water partition coefficient (Wildman–Crippen LogP) is 4.59. The second kappa shape index (κ2) is 7.44. The summed E-state index contributed by atoms with van der Waals surface area (Å²) < 4.78 is 0. The van der Waals surface area contributed by atoms with Gasteiger partial charge in [0.15, 0.2) is 0 Å². The first-order valence-electron chi connectivity index (χ1n) is 7.93. The van der Waals surface area contributed by atoms with Gasteiger partial charge in [-0.3, -0.25) is 0 Å². The Morgan fingerprint density at radius 3 is 2.79 bits per heavy atom. The maximum Gasteiger partial charge on any atom is 0.00480 e. The second-order valence-electron chi connectivity index (χ2n) is 6.43. The minimum Gasteiger partial charge on any atom is -0.317 e. The average molecular weight is 279 g/mol. The fraction of sp³-hybridized carbons (Fsp3) is 0.765. The number of thiophene rings is 1. The van der Waals surface area contributed by atoms with Gasteiger partial charge in [0.1, 0.15) is 0 Å². The number of hydrogen-bond donors (Lipinski definition) is 1. The molecule has 2 heteroatoms. The summed E-state index contributed by atoms with van der Waals surface area (Å²) in [4.78, 5) is 1.58. The third-order valence-electron chi connectivity index (χ3n) is 4.82. The summed E-state index contributed by atoms with van der Waals surface area (Å²) in [5.74, 6) is 3.57. The van der Waals surface area contributed by atoms with Crippen LogP contribution in [0, 0.1) is 23.7 Å². The molecule has 1 fully saturated rings. The van der Waals surface area contributed by atoms with Crippen molar-refractivity contribution in [2.75, 3.05) is 13.1 Å². The highest BCUT2D eigenvalue weighted by molar-refractivity contribution is 7.09. The summed E-state index contributed by atoms with van der Waals surface area (Å²) in [6.45, 7) is 9.34. The van der Waals surface area contributed by atoms with E-state index in [1.54, 1.807) is 4.88 Å². The van der Waals surface area contributed by atoms with Crippen LogP contribution >= 0.6 is 11.3 Å². The molecule has 3 unspecified atom stereocenters.